The van der Waals surface area contributed by atoms with Crippen LogP contribution in [0.4, 0.5) is 0 Å². The van der Waals surface area contributed by atoms with Crippen LogP contribution in [0.25, 0.3) is 0 Å². The van der Waals surface area contributed by atoms with Gasteiger partial charge in [0.05, 0.1) is 12.8 Å². The third-order valence-corrected chi connectivity index (χ3v) is 4.67. The van der Waals surface area contributed by atoms with E-state index >= 15 is 0 Å². The molecule has 0 bridgehead atoms. The summed E-state index contributed by atoms with van der Waals surface area (Å²) in [6.07, 6.45) is 1.60. The average molecular weight is 383 g/mol. The Balaban J connectivity index is 1.46. The number of hydrogen-bond donors (Lipinski definition) is 2. The number of nitrogens with zero attached hydrogens (tertiary/aromatic N) is 3. The van der Waals surface area contributed by atoms with Gasteiger partial charge in [-0.15, -0.1) is 0 Å². The molecule has 1 saturated heterocycles. The summed E-state index contributed by atoms with van der Waals surface area (Å²) >= 11 is 0. The zero-order valence-corrected chi connectivity index (χ0v) is 16.4. The molecule has 2 aromatic rings. The van der Waals surface area contributed by atoms with Crippen LogP contribution in [0.15, 0.2) is 58.1 Å². The van der Waals surface area contributed by atoms with E-state index < -0.39 is 0 Å². The highest BCUT2D eigenvalue weighted by atomic mass is 16.3. The van der Waals surface area contributed by atoms with E-state index in [2.05, 4.69) is 49.7 Å². The van der Waals surface area contributed by atoms with E-state index in [0.29, 0.717) is 6.54 Å². The summed E-state index contributed by atoms with van der Waals surface area (Å²) in [6, 6.07) is 14.2. The molecule has 1 fully saturated rings. The van der Waals surface area contributed by atoms with Gasteiger partial charge >= 0.3 is 0 Å². The molecule has 0 atom stereocenters. The van der Waals surface area contributed by atoms with Gasteiger partial charge in [-0.2, -0.15) is 0 Å². The smallest absolute Gasteiger partial charge is 0.242 e. The SMILES string of the molecule is CCNC(=NCC(=O)NCc1ccco1)N1CCN(Cc2ccccc2)CC1. The minimum atomic E-state index is -0.116. The van der Waals surface area contributed by atoms with E-state index in [4.69, 9.17) is 4.42 Å². The Bertz CT molecular complexity index is 737. The summed E-state index contributed by atoms with van der Waals surface area (Å²) < 4.78 is 5.22. The Kier molecular flexibility index (Phi) is 7.49. The minimum absolute atomic E-state index is 0.104. The maximum Gasteiger partial charge on any atom is 0.242 e. The second-order valence-corrected chi connectivity index (χ2v) is 6.78. The molecular weight excluding hydrogens is 354 g/mol. The van der Waals surface area contributed by atoms with E-state index in [0.717, 1.165) is 51.0 Å². The number of furan rings is 1. The first kappa shape index (κ1) is 19.9. The molecule has 1 aliphatic heterocycles. The molecule has 1 aromatic heterocycles. The van der Waals surface area contributed by atoms with E-state index in [9.17, 15) is 4.79 Å². The maximum atomic E-state index is 12.1. The number of guanidine groups is 1. The molecule has 2 heterocycles. The lowest BCUT2D eigenvalue weighted by Gasteiger charge is -2.36. The fourth-order valence-electron chi connectivity index (χ4n) is 3.19. The third kappa shape index (κ3) is 6.13. The van der Waals surface area contributed by atoms with Crippen molar-refractivity contribution in [2.45, 2.75) is 20.0 Å². The Morgan fingerprint density at radius 3 is 2.54 bits per heavy atom. The highest BCUT2D eigenvalue weighted by Crippen LogP contribution is 2.08. The minimum Gasteiger partial charge on any atom is -0.467 e. The van der Waals surface area contributed by atoms with Gasteiger partial charge in [0.25, 0.3) is 0 Å². The molecule has 7 nitrogen and oxygen atoms in total. The average Bonchev–Trinajstić information content (AvgIpc) is 3.25. The van der Waals surface area contributed by atoms with Crippen LogP contribution in [0.5, 0.6) is 0 Å². The van der Waals surface area contributed by atoms with Gasteiger partial charge in [-0.05, 0) is 24.6 Å². The summed E-state index contributed by atoms with van der Waals surface area (Å²) in [5.74, 6) is 1.42. The molecular formula is C21H29N5O2. The van der Waals surface area contributed by atoms with Crippen molar-refractivity contribution in [3.05, 3.63) is 60.1 Å². The molecule has 1 aromatic carbocycles. The van der Waals surface area contributed by atoms with Gasteiger partial charge in [0.15, 0.2) is 5.96 Å². The van der Waals surface area contributed by atoms with Crippen molar-refractivity contribution in [1.29, 1.82) is 0 Å². The van der Waals surface area contributed by atoms with Crippen molar-refractivity contribution < 1.29 is 9.21 Å². The standard InChI is InChI=1S/C21H29N5O2/c1-2-22-21(24-16-20(27)23-15-19-9-6-14-28-19)26-12-10-25(11-13-26)17-18-7-4-3-5-8-18/h3-9,14H,2,10-13,15-17H2,1H3,(H,22,24)(H,23,27). The number of aliphatic imine (C=N–C) groups is 1. The largest absolute Gasteiger partial charge is 0.467 e. The van der Waals surface area contributed by atoms with Crippen LogP contribution in [0.1, 0.15) is 18.2 Å². The molecule has 0 spiro atoms. The van der Waals surface area contributed by atoms with E-state index in [-0.39, 0.29) is 12.5 Å². The Morgan fingerprint density at radius 1 is 1.07 bits per heavy atom. The van der Waals surface area contributed by atoms with Gasteiger partial charge in [0.1, 0.15) is 12.3 Å². The Hall–Kier alpha value is -2.80. The number of carbonyl (C=O) groups excluding carboxylic acids is 1. The molecule has 2 N–H and O–H groups in total. The highest BCUT2D eigenvalue weighted by Gasteiger charge is 2.19. The zero-order chi connectivity index (χ0) is 19.6. The number of benzene rings is 1. The second kappa shape index (κ2) is 10.5. The molecule has 7 heteroatoms. The molecule has 3 rings (SSSR count). The fraction of sp³-hybridized carbons (Fsp3) is 0.429. The van der Waals surface area contributed by atoms with Crippen LogP contribution >= 0.6 is 0 Å². The molecule has 0 unspecified atom stereocenters. The second-order valence-electron chi connectivity index (χ2n) is 6.78. The third-order valence-electron chi connectivity index (χ3n) is 4.67. The normalized spacial score (nSPS) is 15.5. The number of hydrogen-bond acceptors (Lipinski definition) is 4. The topological polar surface area (TPSA) is 73.1 Å². The van der Waals surface area contributed by atoms with Crippen LogP contribution < -0.4 is 10.6 Å². The lowest BCUT2D eigenvalue weighted by molar-refractivity contribution is -0.119. The van der Waals surface area contributed by atoms with Crippen molar-refractivity contribution in [2.75, 3.05) is 39.3 Å². The van der Waals surface area contributed by atoms with Gasteiger partial charge in [0, 0.05) is 39.3 Å². The summed E-state index contributed by atoms with van der Waals surface area (Å²) in [6.45, 7) is 8.02. The van der Waals surface area contributed by atoms with Crippen LogP contribution in [0.3, 0.4) is 0 Å². The number of piperazine rings is 1. The number of amides is 1. The van der Waals surface area contributed by atoms with E-state index in [1.165, 1.54) is 5.56 Å². The lowest BCUT2D eigenvalue weighted by atomic mass is 10.2. The predicted molar refractivity (Wildman–Crippen MR) is 110 cm³/mol. The first-order chi connectivity index (χ1) is 13.7. The summed E-state index contributed by atoms with van der Waals surface area (Å²) in [7, 11) is 0. The first-order valence-corrected chi connectivity index (χ1v) is 9.83. The number of rotatable bonds is 7. The monoisotopic (exact) mass is 383 g/mol. The van der Waals surface area contributed by atoms with Gasteiger partial charge in [-0.3, -0.25) is 9.69 Å². The zero-order valence-electron chi connectivity index (χ0n) is 16.4. The van der Waals surface area contributed by atoms with Gasteiger partial charge in [-0.25, -0.2) is 4.99 Å². The summed E-state index contributed by atoms with van der Waals surface area (Å²) in [5, 5.41) is 6.13. The van der Waals surface area contributed by atoms with Crippen molar-refractivity contribution >= 4 is 11.9 Å². The van der Waals surface area contributed by atoms with Crippen LogP contribution in [-0.4, -0.2) is 60.9 Å². The lowest BCUT2D eigenvalue weighted by Crippen LogP contribution is -2.52. The van der Waals surface area contributed by atoms with Crippen LogP contribution in [-0.2, 0) is 17.9 Å². The molecule has 150 valence electrons. The van der Waals surface area contributed by atoms with Crippen LogP contribution in [0.2, 0.25) is 0 Å². The van der Waals surface area contributed by atoms with Crippen molar-refractivity contribution in [3.8, 4) is 0 Å². The summed E-state index contributed by atoms with van der Waals surface area (Å²) in [4.78, 5) is 21.3. The van der Waals surface area contributed by atoms with Crippen molar-refractivity contribution in [1.82, 2.24) is 20.4 Å². The van der Waals surface area contributed by atoms with E-state index in [1.807, 2.05) is 19.1 Å². The van der Waals surface area contributed by atoms with Crippen molar-refractivity contribution in [2.24, 2.45) is 4.99 Å². The quantitative estimate of drug-likeness (QED) is 0.562. The predicted octanol–water partition coefficient (Wildman–Crippen LogP) is 1.68. The molecule has 28 heavy (non-hydrogen) atoms. The Morgan fingerprint density at radius 2 is 1.86 bits per heavy atom. The first-order valence-electron chi connectivity index (χ1n) is 9.83. The fourth-order valence-corrected chi connectivity index (χ4v) is 3.19. The maximum absolute atomic E-state index is 12.1. The summed E-state index contributed by atoms with van der Waals surface area (Å²) in [5.41, 5.74) is 1.34. The molecule has 1 amide bonds. The highest BCUT2D eigenvalue weighted by molar-refractivity contribution is 5.85. The van der Waals surface area contributed by atoms with Crippen molar-refractivity contribution in [3.63, 3.8) is 0 Å². The van der Waals surface area contributed by atoms with Crippen LogP contribution in [0, 0.1) is 0 Å². The number of carbonyl (C=O) groups is 1. The van der Waals surface area contributed by atoms with Gasteiger partial charge in [-0.1, -0.05) is 30.3 Å². The van der Waals surface area contributed by atoms with Gasteiger partial charge < -0.3 is 20.0 Å². The van der Waals surface area contributed by atoms with E-state index in [1.54, 1.807) is 12.3 Å². The molecule has 0 aliphatic carbocycles. The molecule has 1 aliphatic rings. The molecule has 0 saturated carbocycles. The van der Waals surface area contributed by atoms with Gasteiger partial charge in [0.2, 0.25) is 5.91 Å². The Labute approximate surface area is 166 Å². The number of nitrogens with one attached hydrogen (secondary N) is 2. The molecule has 0 radical (unpaired) electrons.